The molecule has 4 rings (SSSR count). The highest BCUT2D eigenvalue weighted by Crippen LogP contribution is 2.31. The Morgan fingerprint density at radius 2 is 1.69 bits per heavy atom. The highest BCUT2D eigenvalue weighted by atomic mass is 16.5. The molecule has 4 aromatic rings. The van der Waals surface area contributed by atoms with E-state index in [0.29, 0.717) is 39.0 Å². The Kier molecular flexibility index (Phi) is 3.73. The summed E-state index contributed by atoms with van der Waals surface area (Å²) in [4.78, 5) is 24.6. The molecule has 0 spiro atoms. The number of hydrogen-bond acceptors (Lipinski definition) is 6. The zero-order valence-corrected chi connectivity index (χ0v) is 14.1. The number of benzene rings is 2. The normalized spacial score (nSPS) is 11.0. The Hall–Kier alpha value is -3.54. The topological polar surface area (TPSA) is 78.9 Å². The molecule has 0 aliphatic rings. The Balaban J connectivity index is 2.05. The minimum absolute atomic E-state index is 0.272. The van der Waals surface area contributed by atoms with Crippen molar-refractivity contribution >= 4 is 21.9 Å². The van der Waals surface area contributed by atoms with Gasteiger partial charge in [0.1, 0.15) is 11.3 Å². The quantitative estimate of drug-likeness (QED) is 0.526. The lowest BCUT2D eigenvalue weighted by Gasteiger charge is -2.08. The second-order valence-electron chi connectivity index (χ2n) is 5.67. The van der Waals surface area contributed by atoms with Crippen molar-refractivity contribution in [2.24, 2.45) is 0 Å². The molecule has 0 aliphatic heterocycles. The lowest BCUT2D eigenvalue weighted by Crippen LogP contribution is -2.06. The molecule has 2 aromatic heterocycles. The molecule has 130 valence electrons. The zero-order chi connectivity index (χ0) is 18.3. The van der Waals surface area contributed by atoms with E-state index in [1.54, 1.807) is 42.5 Å². The smallest absolute Gasteiger partial charge is 0.344 e. The van der Waals surface area contributed by atoms with Crippen molar-refractivity contribution in [3.63, 3.8) is 0 Å². The molecule has 26 heavy (non-hydrogen) atoms. The third-order valence-electron chi connectivity index (χ3n) is 4.19. The first kappa shape index (κ1) is 16.0. The molecule has 0 bridgehead atoms. The van der Waals surface area contributed by atoms with Crippen LogP contribution in [0.2, 0.25) is 0 Å². The Bertz CT molecular complexity index is 1250. The standard InChI is InChI=1S/C20H14O6/c1-23-12-6-7-13-14(10-18(21)25-17(13)9-12)15-8-11-4-3-5-16(24-2)19(11)26-20(15)22/h3-10H,1-2H3. The third-order valence-corrected chi connectivity index (χ3v) is 4.19. The van der Waals surface area contributed by atoms with Crippen LogP contribution < -0.4 is 20.7 Å². The van der Waals surface area contributed by atoms with E-state index >= 15 is 0 Å². The monoisotopic (exact) mass is 350 g/mol. The molecule has 6 nitrogen and oxygen atoms in total. The summed E-state index contributed by atoms with van der Waals surface area (Å²) in [7, 11) is 3.03. The van der Waals surface area contributed by atoms with Gasteiger partial charge in [0.15, 0.2) is 11.3 Å². The van der Waals surface area contributed by atoms with Crippen LogP contribution in [0, 0.1) is 0 Å². The van der Waals surface area contributed by atoms with Crippen LogP contribution in [0.1, 0.15) is 0 Å². The molecular formula is C20H14O6. The van der Waals surface area contributed by atoms with E-state index < -0.39 is 11.3 Å². The molecule has 0 fully saturated rings. The summed E-state index contributed by atoms with van der Waals surface area (Å²) in [5.41, 5.74) is 0.275. The van der Waals surface area contributed by atoms with E-state index in [-0.39, 0.29) is 5.56 Å². The van der Waals surface area contributed by atoms with Crippen molar-refractivity contribution in [1.29, 1.82) is 0 Å². The first-order valence-corrected chi connectivity index (χ1v) is 7.84. The highest BCUT2D eigenvalue weighted by Gasteiger charge is 2.15. The lowest BCUT2D eigenvalue weighted by atomic mass is 10.0. The molecule has 0 saturated carbocycles. The minimum Gasteiger partial charge on any atom is -0.497 e. The van der Waals surface area contributed by atoms with Gasteiger partial charge < -0.3 is 18.3 Å². The van der Waals surface area contributed by atoms with Gasteiger partial charge in [-0.2, -0.15) is 0 Å². The van der Waals surface area contributed by atoms with Gasteiger partial charge in [-0.15, -0.1) is 0 Å². The zero-order valence-electron chi connectivity index (χ0n) is 14.1. The molecular weight excluding hydrogens is 336 g/mol. The molecule has 6 heteroatoms. The summed E-state index contributed by atoms with van der Waals surface area (Å²) in [6.07, 6.45) is 0. The fraction of sp³-hybridized carbons (Fsp3) is 0.100. The summed E-state index contributed by atoms with van der Waals surface area (Å²) in [5, 5.41) is 1.30. The predicted molar refractivity (Wildman–Crippen MR) is 97.1 cm³/mol. The van der Waals surface area contributed by atoms with Crippen LogP contribution in [-0.4, -0.2) is 14.2 Å². The van der Waals surface area contributed by atoms with E-state index in [0.717, 1.165) is 0 Å². The average Bonchev–Trinajstić information content (AvgIpc) is 2.65. The van der Waals surface area contributed by atoms with Gasteiger partial charge in [0.25, 0.3) is 0 Å². The first-order chi connectivity index (χ1) is 12.6. The SMILES string of the molecule is COc1ccc2c(-c3cc4cccc(OC)c4oc3=O)cc(=O)oc2c1. The molecule has 2 aromatic carbocycles. The Labute approximate surface area is 147 Å². The summed E-state index contributed by atoms with van der Waals surface area (Å²) < 4.78 is 21.1. The van der Waals surface area contributed by atoms with Crippen molar-refractivity contribution < 1.29 is 18.3 Å². The lowest BCUT2D eigenvalue weighted by molar-refractivity contribution is 0.407. The van der Waals surface area contributed by atoms with Crippen LogP contribution in [0.4, 0.5) is 0 Å². The number of ether oxygens (including phenoxy) is 2. The van der Waals surface area contributed by atoms with Gasteiger partial charge in [-0.05, 0) is 24.3 Å². The second-order valence-corrected chi connectivity index (χ2v) is 5.67. The van der Waals surface area contributed by atoms with Gasteiger partial charge in [-0.1, -0.05) is 12.1 Å². The summed E-state index contributed by atoms with van der Waals surface area (Å²) in [6, 6.07) is 13.4. The van der Waals surface area contributed by atoms with Crippen LogP contribution in [0.3, 0.4) is 0 Å². The van der Waals surface area contributed by atoms with E-state index in [4.69, 9.17) is 18.3 Å². The Morgan fingerprint density at radius 1 is 0.846 bits per heavy atom. The molecule has 0 N–H and O–H groups in total. The highest BCUT2D eigenvalue weighted by molar-refractivity contribution is 5.96. The van der Waals surface area contributed by atoms with Crippen molar-refractivity contribution in [3.8, 4) is 22.6 Å². The molecule has 0 aliphatic carbocycles. The van der Waals surface area contributed by atoms with Crippen molar-refractivity contribution in [3.05, 3.63) is 69.4 Å². The fourth-order valence-electron chi connectivity index (χ4n) is 2.96. The number of para-hydroxylation sites is 1. The number of methoxy groups -OCH3 is 2. The van der Waals surface area contributed by atoms with Gasteiger partial charge in [-0.3, -0.25) is 0 Å². The van der Waals surface area contributed by atoms with Gasteiger partial charge in [0.2, 0.25) is 0 Å². The van der Waals surface area contributed by atoms with Crippen molar-refractivity contribution in [1.82, 2.24) is 0 Å². The van der Waals surface area contributed by atoms with E-state index in [1.807, 2.05) is 0 Å². The van der Waals surface area contributed by atoms with Crippen LogP contribution in [0.5, 0.6) is 11.5 Å². The third kappa shape index (κ3) is 2.52. The van der Waals surface area contributed by atoms with Gasteiger partial charge in [-0.25, -0.2) is 9.59 Å². The van der Waals surface area contributed by atoms with Crippen LogP contribution in [0.25, 0.3) is 33.1 Å². The second kappa shape index (κ2) is 6.07. The fourth-order valence-corrected chi connectivity index (χ4v) is 2.96. The van der Waals surface area contributed by atoms with Crippen LogP contribution >= 0.6 is 0 Å². The molecule has 0 radical (unpaired) electrons. The van der Waals surface area contributed by atoms with Gasteiger partial charge in [0.05, 0.1) is 19.8 Å². The van der Waals surface area contributed by atoms with Crippen molar-refractivity contribution in [2.75, 3.05) is 14.2 Å². The molecule has 0 saturated heterocycles. The average molecular weight is 350 g/mol. The number of fused-ring (bicyclic) bond motifs is 2. The number of rotatable bonds is 3. The summed E-state index contributed by atoms with van der Waals surface area (Å²) in [5.74, 6) is 1.02. The summed E-state index contributed by atoms with van der Waals surface area (Å²) >= 11 is 0. The maximum Gasteiger partial charge on any atom is 0.344 e. The van der Waals surface area contributed by atoms with Crippen LogP contribution in [0.15, 0.2) is 67.0 Å². The van der Waals surface area contributed by atoms with Gasteiger partial charge >= 0.3 is 11.3 Å². The molecule has 2 heterocycles. The Morgan fingerprint density at radius 3 is 2.46 bits per heavy atom. The number of hydrogen-bond donors (Lipinski definition) is 0. The van der Waals surface area contributed by atoms with Crippen LogP contribution in [-0.2, 0) is 0 Å². The maximum absolute atomic E-state index is 12.6. The summed E-state index contributed by atoms with van der Waals surface area (Å²) in [6.45, 7) is 0. The minimum atomic E-state index is -0.565. The largest absolute Gasteiger partial charge is 0.497 e. The molecule has 0 atom stereocenters. The van der Waals surface area contributed by atoms with E-state index in [9.17, 15) is 9.59 Å². The van der Waals surface area contributed by atoms with Crippen molar-refractivity contribution in [2.45, 2.75) is 0 Å². The maximum atomic E-state index is 12.6. The first-order valence-electron chi connectivity index (χ1n) is 7.84. The van der Waals surface area contributed by atoms with E-state index in [1.165, 1.54) is 20.3 Å². The van der Waals surface area contributed by atoms with E-state index in [2.05, 4.69) is 0 Å². The van der Waals surface area contributed by atoms with Gasteiger partial charge in [0, 0.05) is 28.5 Å². The predicted octanol–water partition coefficient (Wildman–Crippen LogP) is 3.58. The molecule has 0 amide bonds. The molecule has 0 unspecified atom stereocenters.